The van der Waals surface area contributed by atoms with Crippen molar-refractivity contribution < 1.29 is 9.53 Å². The van der Waals surface area contributed by atoms with Crippen LogP contribution in [-0.4, -0.2) is 11.8 Å². The molecule has 1 rings (SSSR count). The van der Waals surface area contributed by atoms with Crippen molar-refractivity contribution >= 4 is 16.8 Å². The first-order valence-corrected chi connectivity index (χ1v) is 3.12. The van der Waals surface area contributed by atoms with Crippen molar-refractivity contribution in [1.29, 1.82) is 0 Å². The van der Waals surface area contributed by atoms with Crippen molar-refractivity contribution in [2.24, 2.45) is 0 Å². The molecule has 9 heavy (non-hydrogen) atoms. The number of allylic oxidation sites excluding steroid dienone is 1. The van der Waals surface area contributed by atoms with Gasteiger partial charge in [-0.1, -0.05) is 0 Å². The third-order valence-corrected chi connectivity index (χ3v) is 1.56. The van der Waals surface area contributed by atoms with Crippen LogP contribution in [0.25, 0.3) is 0 Å². The molecule has 1 aliphatic rings. The summed E-state index contributed by atoms with van der Waals surface area (Å²) in [7, 11) is 0. The molecule has 0 radical (unpaired) electrons. The summed E-state index contributed by atoms with van der Waals surface area (Å²) in [6.07, 6.45) is 0.661. The summed E-state index contributed by atoms with van der Waals surface area (Å²) in [5, 5.41) is -0.384. The Labute approximate surface area is 58.4 Å². The van der Waals surface area contributed by atoms with Gasteiger partial charge in [-0.15, -0.1) is 0 Å². The number of carbonyl (C=O) groups is 1. The second-order valence-electron chi connectivity index (χ2n) is 1.91. The fourth-order valence-electron chi connectivity index (χ4n) is 0.806. The molecule has 0 saturated carbocycles. The van der Waals surface area contributed by atoms with Gasteiger partial charge in [-0.3, -0.25) is 4.79 Å². The van der Waals surface area contributed by atoms with Gasteiger partial charge in [0.05, 0.1) is 12.2 Å². The maximum absolute atomic E-state index is 10.5. The molecule has 0 saturated heterocycles. The second kappa shape index (κ2) is 2.40. The lowest BCUT2D eigenvalue weighted by Crippen LogP contribution is -1.90. The van der Waals surface area contributed by atoms with Gasteiger partial charge in [0.15, 0.2) is 0 Å². The first kappa shape index (κ1) is 6.62. The van der Waals surface area contributed by atoms with E-state index >= 15 is 0 Å². The van der Waals surface area contributed by atoms with Crippen LogP contribution >= 0.6 is 11.6 Å². The smallest absolute Gasteiger partial charge is 0.251 e. The van der Waals surface area contributed by atoms with Crippen LogP contribution in [-0.2, 0) is 9.53 Å². The van der Waals surface area contributed by atoms with Gasteiger partial charge in [0, 0.05) is 6.42 Å². The predicted molar refractivity (Wildman–Crippen MR) is 34.1 cm³/mol. The molecule has 0 atom stereocenters. The van der Waals surface area contributed by atoms with E-state index in [1.165, 1.54) is 0 Å². The maximum atomic E-state index is 10.5. The molecule has 0 aromatic heterocycles. The Balaban J connectivity index is 2.78. The highest BCUT2D eigenvalue weighted by molar-refractivity contribution is 6.67. The molecule has 0 spiro atoms. The minimum Gasteiger partial charge on any atom is -0.497 e. The van der Waals surface area contributed by atoms with Gasteiger partial charge >= 0.3 is 0 Å². The van der Waals surface area contributed by atoms with Gasteiger partial charge in [-0.2, -0.15) is 0 Å². The van der Waals surface area contributed by atoms with E-state index in [9.17, 15) is 4.79 Å². The van der Waals surface area contributed by atoms with Crippen LogP contribution in [0.1, 0.15) is 13.3 Å². The van der Waals surface area contributed by atoms with E-state index < -0.39 is 0 Å². The van der Waals surface area contributed by atoms with E-state index in [0.29, 0.717) is 24.4 Å². The van der Waals surface area contributed by atoms with Crippen LogP contribution in [0.5, 0.6) is 0 Å². The van der Waals surface area contributed by atoms with Gasteiger partial charge in [0.2, 0.25) is 0 Å². The monoisotopic (exact) mass is 146 g/mol. The van der Waals surface area contributed by atoms with Crippen LogP contribution < -0.4 is 0 Å². The number of hydrogen-bond acceptors (Lipinski definition) is 2. The topological polar surface area (TPSA) is 26.3 Å². The molecule has 0 N–H and O–H groups in total. The Morgan fingerprint density at radius 3 is 2.67 bits per heavy atom. The fourth-order valence-corrected chi connectivity index (χ4v) is 1.03. The van der Waals surface area contributed by atoms with Crippen LogP contribution in [0.3, 0.4) is 0 Å². The zero-order valence-corrected chi connectivity index (χ0v) is 5.86. The van der Waals surface area contributed by atoms with E-state index in [4.69, 9.17) is 16.3 Å². The Bertz CT molecular complexity index is 172. The summed E-state index contributed by atoms with van der Waals surface area (Å²) in [6.45, 7) is 2.35. The zero-order chi connectivity index (χ0) is 6.85. The summed E-state index contributed by atoms with van der Waals surface area (Å²) in [6, 6.07) is 0. The largest absolute Gasteiger partial charge is 0.497 e. The van der Waals surface area contributed by atoms with Crippen molar-refractivity contribution in [2.45, 2.75) is 13.3 Å². The summed E-state index contributed by atoms with van der Waals surface area (Å²) < 4.78 is 5.00. The maximum Gasteiger partial charge on any atom is 0.251 e. The van der Waals surface area contributed by atoms with Gasteiger partial charge in [-0.25, -0.2) is 0 Å². The molecule has 0 bridgehead atoms. The first-order valence-electron chi connectivity index (χ1n) is 2.74. The Hall–Kier alpha value is -0.500. The van der Waals surface area contributed by atoms with Crippen LogP contribution in [0.15, 0.2) is 11.3 Å². The molecular weight excluding hydrogens is 140 g/mol. The van der Waals surface area contributed by atoms with E-state index in [1.54, 1.807) is 6.92 Å². The van der Waals surface area contributed by atoms with E-state index in [2.05, 4.69) is 0 Å². The summed E-state index contributed by atoms with van der Waals surface area (Å²) in [5.74, 6) is 0.676. The number of halogens is 1. The van der Waals surface area contributed by atoms with Crippen molar-refractivity contribution in [3.8, 4) is 0 Å². The lowest BCUT2D eigenvalue weighted by Gasteiger charge is -1.92. The number of rotatable bonds is 1. The normalized spacial score (nSPS) is 18.0. The van der Waals surface area contributed by atoms with Gasteiger partial charge < -0.3 is 4.74 Å². The minimum absolute atomic E-state index is 0.384. The molecule has 0 aromatic carbocycles. The average Bonchev–Trinajstić information content (AvgIpc) is 2.13. The van der Waals surface area contributed by atoms with Crippen molar-refractivity contribution in [1.82, 2.24) is 0 Å². The standard InChI is InChI=1S/C6H7ClO2/c1-4-5(6(7)8)2-3-9-4/h2-3H2,1H3. The molecule has 0 aromatic rings. The molecule has 50 valence electrons. The highest BCUT2D eigenvalue weighted by atomic mass is 35.5. The van der Waals surface area contributed by atoms with Crippen LogP contribution in [0.2, 0.25) is 0 Å². The Kier molecular flexibility index (Phi) is 1.76. The molecule has 1 heterocycles. The van der Waals surface area contributed by atoms with E-state index in [-0.39, 0.29) is 5.24 Å². The van der Waals surface area contributed by atoms with E-state index in [1.807, 2.05) is 0 Å². The minimum atomic E-state index is -0.384. The second-order valence-corrected chi connectivity index (χ2v) is 2.25. The number of ether oxygens (including phenoxy) is 1. The molecular formula is C6H7ClO2. The molecule has 0 fully saturated rings. The lowest BCUT2D eigenvalue weighted by atomic mass is 10.2. The molecule has 0 aliphatic carbocycles. The first-order chi connectivity index (χ1) is 4.22. The third-order valence-electron chi connectivity index (χ3n) is 1.33. The fraction of sp³-hybridized carbons (Fsp3) is 0.500. The van der Waals surface area contributed by atoms with Crippen LogP contribution in [0, 0.1) is 0 Å². The van der Waals surface area contributed by atoms with Crippen molar-refractivity contribution in [3.05, 3.63) is 11.3 Å². The number of carbonyl (C=O) groups excluding carboxylic acids is 1. The molecule has 0 amide bonds. The highest BCUT2D eigenvalue weighted by Gasteiger charge is 2.16. The van der Waals surface area contributed by atoms with E-state index in [0.717, 1.165) is 0 Å². The lowest BCUT2D eigenvalue weighted by molar-refractivity contribution is -0.108. The molecule has 3 heteroatoms. The van der Waals surface area contributed by atoms with Crippen molar-refractivity contribution in [2.75, 3.05) is 6.61 Å². The SMILES string of the molecule is CC1=C(C(=O)Cl)CCO1. The summed E-state index contributed by atoms with van der Waals surface area (Å²) >= 11 is 5.20. The van der Waals surface area contributed by atoms with Crippen LogP contribution in [0.4, 0.5) is 0 Å². The quantitative estimate of drug-likeness (QED) is 0.524. The molecule has 1 aliphatic heterocycles. The Morgan fingerprint density at radius 2 is 2.44 bits per heavy atom. The predicted octanol–water partition coefficient (Wildman–Crippen LogP) is 1.45. The van der Waals surface area contributed by atoms with Gasteiger partial charge in [0.1, 0.15) is 5.76 Å². The summed E-state index contributed by atoms with van der Waals surface area (Å²) in [5.41, 5.74) is 0.622. The molecule has 2 nitrogen and oxygen atoms in total. The third kappa shape index (κ3) is 1.24. The average molecular weight is 147 g/mol. The Morgan fingerprint density at radius 1 is 1.78 bits per heavy atom. The van der Waals surface area contributed by atoms with Crippen molar-refractivity contribution in [3.63, 3.8) is 0 Å². The highest BCUT2D eigenvalue weighted by Crippen LogP contribution is 2.19. The summed E-state index contributed by atoms with van der Waals surface area (Å²) in [4.78, 5) is 10.5. The van der Waals surface area contributed by atoms with Gasteiger partial charge in [0.25, 0.3) is 5.24 Å². The zero-order valence-electron chi connectivity index (χ0n) is 5.11. The van der Waals surface area contributed by atoms with Gasteiger partial charge in [-0.05, 0) is 18.5 Å². The number of hydrogen-bond donors (Lipinski definition) is 0. The molecule has 0 unspecified atom stereocenters.